The molecule has 0 radical (unpaired) electrons. The van der Waals surface area contributed by atoms with Crippen LogP contribution in [0, 0.1) is 0 Å². The van der Waals surface area contributed by atoms with Crippen LogP contribution in [-0.4, -0.2) is 12.6 Å². The second kappa shape index (κ2) is 10.2. The molecule has 1 heteroatoms. The first-order valence-electron chi connectivity index (χ1n) is 8.69. The summed E-state index contributed by atoms with van der Waals surface area (Å²) >= 11 is 0. The zero-order valence-corrected chi connectivity index (χ0v) is 13.8. The molecule has 1 nitrogen and oxygen atoms in total. The summed E-state index contributed by atoms with van der Waals surface area (Å²) in [5.41, 5.74) is 2.92. The highest BCUT2D eigenvalue weighted by Gasteiger charge is 2.07. The van der Waals surface area contributed by atoms with Gasteiger partial charge in [-0.25, -0.2) is 0 Å². The fourth-order valence-corrected chi connectivity index (χ4v) is 3.03. The molecule has 0 aliphatic rings. The van der Waals surface area contributed by atoms with E-state index in [0.29, 0.717) is 6.04 Å². The van der Waals surface area contributed by atoms with Crippen LogP contribution in [0.5, 0.6) is 0 Å². The van der Waals surface area contributed by atoms with Gasteiger partial charge in [0.15, 0.2) is 0 Å². The van der Waals surface area contributed by atoms with Crippen molar-refractivity contribution < 1.29 is 0 Å². The molecular weight excluding hydrogens is 266 g/mol. The van der Waals surface area contributed by atoms with Crippen LogP contribution in [0.2, 0.25) is 0 Å². The predicted octanol–water partition coefficient (Wildman–Crippen LogP) is 5.01. The molecule has 2 aromatic rings. The lowest BCUT2D eigenvalue weighted by Gasteiger charge is -2.18. The van der Waals surface area contributed by atoms with Crippen LogP contribution < -0.4 is 5.32 Å². The van der Waals surface area contributed by atoms with Crippen molar-refractivity contribution >= 4 is 0 Å². The molecule has 0 bridgehead atoms. The third-order valence-electron chi connectivity index (χ3n) is 4.21. The number of nitrogens with one attached hydrogen (secondary N) is 1. The van der Waals surface area contributed by atoms with E-state index in [1.165, 1.54) is 49.7 Å². The summed E-state index contributed by atoms with van der Waals surface area (Å²) in [7, 11) is 0. The van der Waals surface area contributed by atoms with Gasteiger partial charge in [0, 0.05) is 6.04 Å². The van der Waals surface area contributed by atoms with Crippen LogP contribution in [0.4, 0.5) is 0 Å². The van der Waals surface area contributed by atoms with Gasteiger partial charge in [0.05, 0.1) is 0 Å². The van der Waals surface area contributed by atoms with Gasteiger partial charge in [0.25, 0.3) is 0 Å². The van der Waals surface area contributed by atoms with Gasteiger partial charge in [0.2, 0.25) is 0 Å². The van der Waals surface area contributed by atoms with Gasteiger partial charge < -0.3 is 5.32 Å². The van der Waals surface area contributed by atoms with Crippen LogP contribution in [0.15, 0.2) is 60.7 Å². The molecule has 0 amide bonds. The summed E-state index contributed by atoms with van der Waals surface area (Å²) in [4.78, 5) is 0. The number of hydrogen-bond donors (Lipinski definition) is 1. The minimum atomic E-state index is 0.664. The molecule has 22 heavy (non-hydrogen) atoms. The Bertz CT molecular complexity index is 446. The smallest absolute Gasteiger partial charge is 0.00671 e. The lowest BCUT2D eigenvalue weighted by molar-refractivity contribution is 0.440. The topological polar surface area (TPSA) is 12.0 Å². The normalized spacial score (nSPS) is 11.0. The first-order chi connectivity index (χ1) is 10.9. The lowest BCUT2D eigenvalue weighted by atomic mass is 9.99. The maximum absolute atomic E-state index is 3.66. The monoisotopic (exact) mass is 295 g/mol. The molecule has 0 fully saturated rings. The van der Waals surface area contributed by atoms with E-state index in [2.05, 4.69) is 72.9 Å². The molecule has 0 aromatic heterocycles. The first kappa shape index (κ1) is 16.8. The van der Waals surface area contributed by atoms with E-state index in [1.807, 2.05) is 0 Å². The number of hydrogen-bond acceptors (Lipinski definition) is 1. The molecule has 0 saturated heterocycles. The number of rotatable bonds is 10. The maximum Gasteiger partial charge on any atom is 0.00671 e. The standard InChI is InChI=1S/C21H29N/c1-2-22-21(17-9-15-19-11-5-3-6-12-19)18-10-16-20-13-7-4-8-14-20/h3-8,11-14,21-22H,2,9-10,15-18H2,1H3. The minimum absolute atomic E-state index is 0.664. The highest BCUT2D eigenvalue weighted by atomic mass is 14.9. The highest BCUT2D eigenvalue weighted by molar-refractivity contribution is 5.15. The Morgan fingerprint density at radius 2 is 1.18 bits per heavy atom. The summed E-state index contributed by atoms with van der Waals surface area (Å²) in [5.74, 6) is 0. The first-order valence-corrected chi connectivity index (χ1v) is 8.69. The second-order valence-corrected chi connectivity index (χ2v) is 6.01. The highest BCUT2D eigenvalue weighted by Crippen LogP contribution is 2.12. The maximum atomic E-state index is 3.66. The third-order valence-corrected chi connectivity index (χ3v) is 4.21. The SMILES string of the molecule is CCNC(CCCc1ccccc1)CCCc1ccccc1. The van der Waals surface area contributed by atoms with Crippen molar-refractivity contribution in [3.8, 4) is 0 Å². The van der Waals surface area contributed by atoms with Crippen molar-refractivity contribution in [2.24, 2.45) is 0 Å². The van der Waals surface area contributed by atoms with Crippen molar-refractivity contribution in [1.82, 2.24) is 5.32 Å². The zero-order chi connectivity index (χ0) is 15.5. The Morgan fingerprint density at radius 1 is 0.727 bits per heavy atom. The van der Waals surface area contributed by atoms with Gasteiger partial charge >= 0.3 is 0 Å². The summed E-state index contributed by atoms with van der Waals surface area (Å²) in [5, 5.41) is 3.66. The Labute approximate surface area is 135 Å². The minimum Gasteiger partial charge on any atom is -0.314 e. The molecule has 118 valence electrons. The Morgan fingerprint density at radius 3 is 1.59 bits per heavy atom. The Hall–Kier alpha value is -1.60. The van der Waals surface area contributed by atoms with E-state index in [-0.39, 0.29) is 0 Å². The zero-order valence-electron chi connectivity index (χ0n) is 13.8. The summed E-state index contributed by atoms with van der Waals surface area (Å²) in [6, 6.07) is 22.3. The molecule has 0 saturated carbocycles. The van der Waals surface area contributed by atoms with E-state index in [4.69, 9.17) is 0 Å². The van der Waals surface area contributed by atoms with Gasteiger partial charge in [-0.15, -0.1) is 0 Å². The van der Waals surface area contributed by atoms with E-state index >= 15 is 0 Å². The number of benzene rings is 2. The van der Waals surface area contributed by atoms with Crippen molar-refractivity contribution in [2.75, 3.05) is 6.54 Å². The van der Waals surface area contributed by atoms with Crippen LogP contribution in [0.25, 0.3) is 0 Å². The summed E-state index contributed by atoms with van der Waals surface area (Å²) < 4.78 is 0. The van der Waals surface area contributed by atoms with E-state index in [0.717, 1.165) is 6.54 Å². The van der Waals surface area contributed by atoms with E-state index in [1.54, 1.807) is 0 Å². The largest absolute Gasteiger partial charge is 0.314 e. The molecule has 0 aliphatic carbocycles. The molecule has 0 unspecified atom stereocenters. The van der Waals surface area contributed by atoms with Gasteiger partial charge in [-0.3, -0.25) is 0 Å². The van der Waals surface area contributed by atoms with Crippen molar-refractivity contribution in [3.05, 3.63) is 71.8 Å². The third kappa shape index (κ3) is 6.44. The molecule has 2 rings (SSSR count). The fourth-order valence-electron chi connectivity index (χ4n) is 3.03. The average Bonchev–Trinajstić information content (AvgIpc) is 2.57. The van der Waals surface area contributed by atoms with Crippen molar-refractivity contribution in [2.45, 2.75) is 51.5 Å². The molecule has 0 aliphatic heterocycles. The predicted molar refractivity (Wildman–Crippen MR) is 96.2 cm³/mol. The quantitative estimate of drug-likeness (QED) is 0.649. The molecular formula is C21H29N. The lowest BCUT2D eigenvalue weighted by Crippen LogP contribution is -2.29. The average molecular weight is 295 g/mol. The van der Waals surface area contributed by atoms with E-state index < -0.39 is 0 Å². The molecule has 2 aromatic carbocycles. The van der Waals surface area contributed by atoms with Gasteiger partial charge in [-0.2, -0.15) is 0 Å². The van der Waals surface area contributed by atoms with Crippen molar-refractivity contribution in [1.29, 1.82) is 0 Å². The second-order valence-electron chi connectivity index (χ2n) is 6.01. The number of aryl methyl sites for hydroxylation is 2. The fraction of sp³-hybridized carbons (Fsp3) is 0.429. The molecule has 0 heterocycles. The Balaban J connectivity index is 1.68. The molecule has 1 N–H and O–H groups in total. The molecule has 0 atom stereocenters. The van der Waals surface area contributed by atoms with Crippen LogP contribution in [0.3, 0.4) is 0 Å². The van der Waals surface area contributed by atoms with Gasteiger partial charge in [-0.1, -0.05) is 67.6 Å². The van der Waals surface area contributed by atoms with Crippen LogP contribution in [-0.2, 0) is 12.8 Å². The summed E-state index contributed by atoms with van der Waals surface area (Å²) in [6.07, 6.45) is 7.48. The van der Waals surface area contributed by atoms with Crippen LogP contribution >= 0.6 is 0 Å². The molecule has 0 spiro atoms. The van der Waals surface area contributed by atoms with E-state index in [9.17, 15) is 0 Å². The van der Waals surface area contributed by atoms with Crippen molar-refractivity contribution in [3.63, 3.8) is 0 Å². The van der Waals surface area contributed by atoms with Crippen LogP contribution in [0.1, 0.15) is 43.7 Å². The Kier molecular flexibility index (Phi) is 7.76. The van der Waals surface area contributed by atoms with Gasteiger partial charge in [-0.05, 0) is 56.2 Å². The van der Waals surface area contributed by atoms with Gasteiger partial charge in [0.1, 0.15) is 0 Å². The summed E-state index contributed by atoms with van der Waals surface area (Å²) in [6.45, 7) is 3.28.